The Labute approximate surface area is 131 Å². The van der Waals surface area contributed by atoms with E-state index in [1.54, 1.807) is 0 Å². The van der Waals surface area contributed by atoms with Crippen LogP contribution in [0.25, 0.3) is 0 Å². The normalized spacial score (nSPS) is 15.9. The van der Waals surface area contributed by atoms with E-state index in [4.69, 9.17) is 0 Å². The van der Waals surface area contributed by atoms with Crippen molar-refractivity contribution in [1.29, 1.82) is 0 Å². The number of methoxy groups -OCH3 is 1. The van der Waals surface area contributed by atoms with Crippen LogP contribution in [0.2, 0.25) is 0 Å². The topological polar surface area (TPSA) is 96.5 Å². The lowest BCUT2D eigenvalue weighted by Crippen LogP contribution is -2.59. The van der Waals surface area contributed by atoms with E-state index in [-0.39, 0.29) is 30.9 Å². The van der Waals surface area contributed by atoms with Gasteiger partial charge in [-0.3, -0.25) is 9.59 Å². The van der Waals surface area contributed by atoms with Gasteiger partial charge in [0.1, 0.15) is 5.54 Å². The van der Waals surface area contributed by atoms with Crippen molar-refractivity contribution in [3.8, 4) is 0 Å². The van der Waals surface area contributed by atoms with Gasteiger partial charge < -0.3 is 20.7 Å². The lowest BCUT2D eigenvalue weighted by atomic mass is 9.96. The van der Waals surface area contributed by atoms with Crippen LogP contribution in [-0.2, 0) is 14.3 Å². The molecule has 1 rings (SSSR count). The minimum absolute atomic E-state index is 0.126. The fraction of sp³-hybridized carbons (Fsp3) is 0.800. The zero-order valence-corrected chi connectivity index (χ0v) is 13.5. The van der Waals surface area contributed by atoms with E-state index in [9.17, 15) is 14.4 Å². The van der Waals surface area contributed by atoms with Crippen LogP contribution < -0.4 is 16.0 Å². The molecular weight excluding hydrogens is 286 g/mol. The molecule has 3 amide bonds. The summed E-state index contributed by atoms with van der Waals surface area (Å²) in [4.78, 5) is 35.4. The van der Waals surface area contributed by atoms with Crippen molar-refractivity contribution in [1.82, 2.24) is 16.0 Å². The third kappa shape index (κ3) is 5.54. The molecule has 1 aliphatic rings. The summed E-state index contributed by atoms with van der Waals surface area (Å²) in [6.07, 6.45) is 5.09. The molecule has 0 aliphatic heterocycles. The third-order valence-electron chi connectivity index (χ3n) is 3.90. The summed E-state index contributed by atoms with van der Waals surface area (Å²) in [5, 5.41) is 8.32. The van der Waals surface area contributed by atoms with Crippen LogP contribution in [0.4, 0.5) is 4.79 Å². The van der Waals surface area contributed by atoms with E-state index in [0.717, 1.165) is 25.7 Å². The lowest BCUT2D eigenvalue weighted by molar-refractivity contribution is -0.140. The Morgan fingerprint density at radius 2 is 1.77 bits per heavy atom. The summed E-state index contributed by atoms with van der Waals surface area (Å²) in [7, 11) is 1.31. The van der Waals surface area contributed by atoms with Gasteiger partial charge in [-0.15, -0.1) is 0 Å². The van der Waals surface area contributed by atoms with E-state index in [2.05, 4.69) is 20.7 Å². The molecular formula is C15H27N3O4. The molecule has 3 N–H and O–H groups in total. The number of carbonyl (C=O) groups is 3. The van der Waals surface area contributed by atoms with Crippen LogP contribution in [0, 0.1) is 0 Å². The van der Waals surface area contributed by atoms with Crippen molar-refractivity contribution in [3.05, 3.63) is 0 Å². The van der Waals surface area contributed by atoms with Crippen LogP contribution in [0.3, 0.4) is 0 Å². The van der Waals surface area contributed by atoms with Gasteiger partial charge in [0.05, 0.1) is 13.5 Å². The molecule has 0 heterocycles. The van der Waals surface area contributed by atoms with E-state index < -0.39 is 5.54 Å². The number of esters is 1. The molecule has 1 aliphatic carbocycles. The molecule has 1 fully saturated rings. The van der Waals surface area contributed by atoms with Crippen LogP contribution in [0.1, 0.15) is 51.9 Å². The molecule has 7 heteroatoms. The highest BCUT2D eigenvalue weighted by Crippen LogP contribution is 2.29. The summed E-state index contributed by atoms with van der Waals surface area (Å²) in [5.41, 5.74) is -0.855. The lowest BCUT2D eigenvalue weighted by Gasteiger charge is -2.29. The highest BCUT2D eigenvalue weighted by atomic mass is 16.5. The van der Waals surface area contributed by atoms with Gasteiger partial charge in [-0.05, 0) is 19.3 Å². The third-order valence-corrected chi connectivity index (χ3v) is 3.90. The minimum Gasteiger partial charge on any atom is -0.469 e. The number of ether oxygens (including phenoxy) is 1. The van der Waals surface area contributed by atoms with Gasteiger partial charge in [-0.25, -0.2) is 4.79 Å². The number of carbonyl (C=O) groups excluding carboxylic acids is 3. The number of urea groups is 1. The summed E-state index contributed by atoms with van der Waals surface area (Å²) in [5.74, 6) is -0.592. The van der Waals surface area contributed by atoms with Crippen molar-refractivity contribution in [2.24, 2.45) is 0 Å². The second-order valence-corrected chi connectivity index (χ2v) is 5.61. The first kappa shape index (κ1) is 18.3. The second-order valence-electron chi connectivity index (χ2n) is 5.61. The first-order chi connectivity index (χ1) is 10.5. The van der Waals surface area contributed by atoms with E-state index in [1.165, 1.54) is 7.11 Å². The monoisotopic (exact) mass is 313 g/mol. The standard InChI is InChI=1S/C15H27N3O4/c1-3-4-10-17-14(21)18-15(8-5-6-9-15)13(20)16-11-7-12(19)22-2/h3-11H2,1-2H3,(H,16,20)(H2,17,18,21). The fourth-order valence-electron chi connectivity index (χ4n) is 2.58. The molecule has 126 valence electrons. The predicted octanol–water partition coefficient (Wildman–Crippen LogP) is 1.08. The average molecular weight is 313 g/mol. The number of hydrogen-bond donors (Lipinski definition) is 3. The molecule has 0 atom stereocenters. The van der Waals surface area contributed by atoms with E-state index >= 15 is 0 Å². The number of nitrogens with one attached hydrogen (secondary N) is 3. The maximum absolute atomic E-state index is 12.4. The molecule has 0 unspecified atom stereocenters. The molecule has 0 aromatic heterocycles. The Morgan fingerprint density at radius 1 is 1.09 bits per heavy atom. The Kier molecular flexibility index (Phi) is 7.70. The molecule has 0 bridgehead atoms. The SMILES string of the molecule is CCCCNC(=O)NC1(C(=O)NCCC(=O)OC)CCCC1. The van der Waals surface area contributed by atoms with Gasteiger partial charge in [0, 0.05) is 13.1 Å². The van der Waals surface area contributed by atoms with Crippen LogP contribution in [0.5, 0.6) is 0 Å². The molecule has 7 nitrogen and oxygen atoms in total. The summed E-state index contributed by atoms with van der Waals surface area (Å²) in [6, 6.07) is -0.307. The molecule has 0 saturated heterocycles. The zero-order chi connectivity index (χ0) is 16.4. The van der Waals surface area contributed by atoms with Crippen molar-refractivity contribution >= 4 is 17.9 Å². The molecule has 0 radical (unpaired) electrons. The van der Waals surface area contributed by atoms with Crippen molar-refractivity contribution in [2.75, 3.05) is 20.2 Å². The van der Waals surface area contributed by atoms with Crippen LogP contribution >= 0.6 is 0 Å². The van der Waals surface area contributed by atoms with Gasteiger partial charge in [0.2, 0.25) is 5.91 Å². The number of hydrogen-bond acceptors (Lipinski definition) is 4. The quantitative estimate of drug-likeness (QED) is 0.461. The maximum atomic E-state index is 12.4. The Hall–Kier alpha value is -1.79. The molecule has 0 aromatic carbocycles. The summed E-state index contributed by atoms with van der Waals surface area (Å²) < 4.78 is 4.53. The highest BCUT2D eigenvalue weighted by Gasteiger charge is 2.42. The first-order valence-electron chi connectivity index (χ1n) is 7.95. The number of amides is 3. The van der Waals surface area contributed by atoms with Crippen molar-refractivity contribution in [2.45, 2.75) is 57.4 Å². The van der Waals surface area contributed by atoms with Crippen LogP contribution in [0.15, 0.2) is 0 Å². The Balaban J connectivity index is 2.49. The molecule has 0 aromatic rings. The van der Waals surface area contributed by atoms with Gasteiger partial charge in [0.15, 0.2) is 0 Å². The average Bonchev–Trinajstić information content (AvgIpc) is 2.96. The predicted molar refractivity (Wildman–Crippen MR) is 82.3 cm³/mol. The van der Waals surface area contributed by atoms with Gasteiger partial charge in [0.25, 0.3) is 0 Å². The van der Waals surface area contributed by atoms with Crippen molar-refractivity contribution < 1.29 is 19.1 Å². The van der Waals surface area contributed by atoms with Gasteiger partial charge in [-0.2, -0.15) is 0 Å². The highest BCUT2D eigenvalue weighted by molar-refractivity contribution is 5.91. The van der Waals surface area contributed by atoms with E-state index in [0.29, 0.717) is 19.4 Å². The summed E-state index contributed by atoms with van der Waals surface area (Å²) >= 11 is 0. The van der Waals surface area contributed by atoms with Gasteiger partial charge in [-0.1, -0.05) is 26.2 Å². The Morgan fingerprint density at radius 3 is 2.36 bits per heavy atom. The van der Waals surface area contributed by atoms with Crippen LogP contribution in [-0.4, -0.2) is 43.6 Å². The minimum atomic E-state index is -0.855. The molecule has 1 saturated carbocycles. The smallest absolute Gasteiger partial charge is 0.315 e. The molecule has 22 heavy (non-hydrogen) atoms. The number of unbranched alkanes of at least 4 members (excludes halogenated alkanes) is 1. The van der Waals surface area contributed by atoms with E-state index in [1.807, 2.05) is 6.92 Å². The van der Waals surface area contributed by atoms with Gasteiger partial charge >= 0.3 is 12.0 Å². The zero-order valence-electron chi connectivity index (χ0n) is 13.5. The second kappa shape index (κ2) is 9.27. The fourth-order valence-corrected chi connectivity index (χ4v) is 2.58. The summed E-state index contributed by atoms with van der Waals surface area (Å²) in [6.45, 7) is 2.86. The first-order valence-corrected chi connectivity index (χ1v) is 7.95. The van der Waals surface area contributed by atoms with Crippen molar-refractivity contribution in [3.63, 3.8) is 0 Å². The molecule has 0 spiro atoms. The number of rotatable bonds is 8. The Bertz CT molecular complexity index is 392. The largest absolute Gasteiger partial charge is 0.469 e. The maximum Gasteiger partial charge on any atom is 0.315 e.